The highest BCUT2D eigenvalue weighted by atomic mass is 35.5. The van der Waals surface area contributed by atoms with Crippen LogP contribution < -0.4 is 4.74 Å². The fraction of sp³-hybridized carbons (Fsp3) is 0.440. The Balaban J connectivity index is 1.56. The van der Waals surface area contributed by atoms with Crippen molar-refractivity contribution in [2.45, 2.75) is 18.9 Å². The van der Waals surface area contributed by atoms with Crippen LogP contribution in [0.25, 0.3) is 0 Å². The minimum Gasteiger partial charge on any atom is -0.486 e. The van der Waals surface area contributed by atoms with Crippen molar-refractivity contribution in [2.24, 2.45) is 0 Å². The van der Waals surface area contributed by atoms with Crippen molar-refractivity contribution < 1.29 is 4.74 Å². The molecule has 2 aromatic carbocycles. The fourth-order valence-corrected chi connectivity index (χ4v) is 4.44. The van der Waals surface area contributed by atoms with E-state index in [0.29, 0.717) is 0 Å². The number of rotatable bonds is 8. The van der Waals surface area contributed by atoms with E-state index in [0.717, 1.165) is 47.8 Å². The van der Waals surface area contributed by atoms with E-state index in [-0.39, 0.29) is 6.10 Å². The van der Waals surface area contributed by atoms with Crippen LogP contribution in [0, 0.1) is 11.8 Å². The summed E-state index contributed by atoms with van der Waals surface area (Å²) in [4.78, 5) is 4.68. The SMILES string of the molecule is CN(C)CCC(Oc1ccc(C#CCCN2CCSCC2)cc1)c1ccc(Cl)cc1. The average molecular weight is 443 g/mol. The molecule has 1 fully saturated rings. The zero-order valence-electron chi connectivity index (χ0n) is 17.9. The van der Waals surface area contributed by atoms with Crippen LogP contribution >= 0.6 is 23.4 Å². The summed E-state index contributed by atoms with van der Waals surface area (Å²) in [6, 6.07) is 16.1. The van der Waals surface area contributed by atoms with Gasteiger partial charge >= 0.3 is 0 Å². The lowest BCUT2D eigenvalue weighted by atomic mass is 10.1. The first kappa shape index (κ1) is 23.0. The van der Waals surface area contributed by atoms with Gasteiger partial charge in [-0.3, -0.25) is 0 Å². The van der Waals surface area contributed by atoms with E-state index in [4.69, 9.17) is 16.3 Å². The molecule has 160 valence electrons. The van der Waals surface area contributed by atoms with Gasteiger partial charge in [0.05, 0.1) is 0 Å². The third-order valence-electron chi connectivity index (χ3n) is 5.10. The van der Waals surface area contributed by atoms with Crippen LogP contribution in [0.4, 0.5) is 0 Å². The molecular weight excluding hydrogens is 412 g/mol. The number of benzene rings is 2. The summed E-state index contributed by atoms with van der Waals surface area (Å²) < 4.78 is 6.32. The van der Waals surface area contributed by atoms with Crippen molar-refractivity contribution >= 4 is 23.4 Å². The monoisotopic (exact) mass is 442 g/mol. The van der Waals surface area contributed by atoms with E-state index in [1.165, 1.54) is 24.6 Å². The third kappa shape index (κ3) is 7.89. The normalized spacial score (nSPS) is 15.5. The van der Waals surface area contributed by atoms with Gasteiger partial charge in [-0.2, -0.15) is 11.8 Å². The molecule has 0 aliphatic carbocycles. The Labute approximate surface area is 190 Å². The Morgan fingerprint density at radius 2 is 1.77 bits per heavy atom. The second-order valence-corrected chi connectivity index (χ2v) is 9.44. The molecule has 1 heterocycles. The molecule has 0 radical (unpaired) electrons. The fourth-order valence-electron chi connectivity index (χ4n) is 3.33. The number of nitrogens with zero attached hydrogens (tertiary/aromatic N) is 2. The Kier molecular flexibility index (Phi) is 9.42. The molecule has 1 atom stereocenters. The predicted octanol–water partition coefficient (Wildman–Crippen LogP) is 5.20. The van der Waals surface area contributed by atoms with E-state index in [9.17, 15) is 0 Å². The minimum absolute atomic E-state index is 0.00990. The van der Waals surface area contributed by atoms with Crippen LogP contribution in [-0.2, 0) is 0 Å². The Morgan fingerprint density at radius 3 is 2.43 bits per heavy atom. The zero-order valence-corrected chi connectivity index (χ0v) is 19.5. The van der Waals surface area contributed by atoms with Crippen molar-refractivity contribution in [3.63, 3.8) is 0 Å². The third-order valence-corrected chi connectivity index (χ3v) is 6.30. The quantitative estimate of drug-likeness (QED) is 0.521. The van der Waals surface area contributed by atoms with Crippen LogP contribution in [0.5, 0.6) is 5.75 Å². The average Bonchev–Trinajstić information content (AvgIpc) is 2.76. The Hall–Kier alpha value is -1.64. The molecule has 1 unspecified atom stereocenters. The first-order valence-electron chi connectivity index (χ1n) is 10.6. The molecule has 30 heavy (non-hydrogen) atoms. The number of hydrogen-bond acceptors (Lipinski definition) is 4. The van der Waals surface area contributed by atoms with Crippen LogP contribution in [0.3, 0.4) is 0 Å². The highest BCUT2D eigenvalue weighted by Crippen LogP contribution is 2.26. The maximum absolute atomic E-state index is 6.32. The number of ether oxygens (including phenoxy) is 1. The van der Waals surface area contributed by atoms with Gasteiger partial charge < -0.3 is 14.5 Å². The first-order chi connectivity index (χ1) is 14.6. The van der Waals surface area contributed by atoms with Gasteiger partial charge in [-0.1, -0.05) is 35.6 Å². The second kappa shape index (κ2) is 12.3. The topological polar surface area (TPSA) is 15.7 Å². The summed E-state index contributed by atoms with van der Waals surface area (Å²) >= 11 is 8.10. The van der Waals surface area contributed by atoms with E-state index in [2.05, 4.69) is 35.7 Å². The van der Waals surface area contributed by atoms with Gasteiger partial charge in [0.1, 0.15) is 11.9 Å². The molecular formula is C25H31ClN2OS. The van der Waals surface area contributed by atoms with E-state index < -0.39 is 0 Å². The molecule has 3 nitrogen and oxygen atoms in total. The largest absolute Gasteiger partial charge is 0.486 e. The highest BCUT2D eigenvalue weighted by molar-refractivity contribution is 7.99. The van der Waals surface area contributed by atoms with Crippen LogP contribution in [-0.4, -0.2) is 61.6 Å². The standard InChI is InChI=1S/C25H31ClN2OS/c1-27(2)16-14-25(22-8-10-23(26)11-9-22)29-24-12-6-21(7-13-24)5-3-4-15-28-17-19-30-20-18-28/h6-13,25H,4,14-20H2,1-2H3. The molecule has 0 saturated carbocycles. The summed E-state index contributed by atoms with van der Waals surface area (Å²) in [6.45, 7) is 4.41. The van der Waals surface area contributed by atoms with Crippen molar-refractivity contribution in [1.82, 2.24) is 9.80 Å². The van der Waals surface area contributed by atoms with Gasteiger partial charge in [-0.15, -0.1) is 0 Å². The lowest BCUT2D eigenvalue weighted by molar-refractivity contribution is 0.179. The molecule has 1 aliphatic rings. The van der Waals surface area contributed by atoms with Crippen molar-refractivity contribution in [3.05, 3.63) is 64.7 Å². The van der Waals surface area contributed by atoms with E-state index in [1.807, 2.05) is 60.3 Å². The summed E-state index contributed by atoms with van der Waals surface area (Å²) in [5.74, 6) is 9.97. The Bertz CT molecular complexity index is 821. The minimum atomic E-state index is -0.00990. The maximum atomic E-state index is 6.32. The summed E-state index contributed by atoms with van der Waals surface area (Å²) in [5.41, 5.74) is 2.18. The van der Waals surface area contributed by atoms with Gasteiger partial charge in [0.25, 0.3) is 0 Å². The van der Waals surface area contributed by atoms with Gasteiger partial charge in [0.2, 0.25) is 0 Å². The second-order valence-electron chi connectivity index (χ2n) is 7.78. The maximum Gasteiger partial charge on any atom is 0.125 e. The smallest absolute Gasteiger partial charge is 0.125 e. The van der Waals surface area contributed by atoms with Crippen molar-refractivity contribution in [3.8, 4) is 17.6 Å². The number of halogens is 1. The summed E-state index contributed by atoms with van der Waals surface area (Å²) in [7, 11) is 4.16. The lowest BCUT2D eigenvalue weighted by Crippen LogP contribution is -2.33. The lowest BCUT2D eigenvalue weighted by Gasteiger charge is -2.24. The van der Waals surface area contributed by atoms with Gasteiger partial charge in [-0.25, -0.2) is 0 Å². The van der Waals surface area contributed by atoms with Crippen LogP contribution in [0.1, 0.15) is 30.1 Å². The molecule has 3 rings (SSSR count). The summed E-state index contributed by atoms with van der Waals surface area (Å²) in [6.07, 6.45) is 1.82. The van der Waals surface area contributed by atoms with E-state index >= 15 is 0 Å². The molecule has 0 spiro atoms. The zero-order chi connectivity index (χ0) is 21.2. The highest BCUT2D eigenvalue weighted by Gasteiger charge is 2.14. The van der Waals surface area contributed by atoms with Crippen molar-refractivity contribution in [2.75, 3.05) is 51.8 Å². The van der Waals surface area contributed by atoms with E-state index in [1.54, 1.807) is 0 Å². The first-order valence-corrected chi connectivity index (χ1v) is 12.1. The van der Waals surface area contributed by atoms with Gasteiger partial charge in [-0.05, 0) is 56.1 Å². The molecule has 0 amide bonds. The number of hydrogen-bond donors (Lipinski definition) is 0. The predicted molar refractivity (Wildman–Crippen MR) is 130 cm³/mol. The molecule has 1 saturated heterocycles. The molecule has 0 bridgehead atoms. The summed E-state index contributed by atoms with van der Waals surface area (Å²) in [5, 5.41) is 0.743. The van der Waals surface area contributed by atoms with Gasteiger partial charge in [0.15, 0.2) is 0 Å². The molecule has 2 aromatic rings. The molecule has 0 N–H and O–H groups in total. The molecule has 1 aliphatic heterocycles. The number of thioether (sulfide) groups is 1. The van der Waals surface area contributed by atoms with Crippen molar-refractivity contribution in [1.29, 1.82) is 0 Å². The molecule has 0 aromatic heterocycles. The van der Waals surface area contributed by atoms with Crippen LogP contribution in [0.2, 0.25) is 5.02 Å². The molecule has 5 heteroatoms. The van der Waals surface area contributed by atoms with Gasteiger partial charge in [0, 0.05) is 61.1 Å². The Morgan fingerprint density at radius 1 is 1.07 bits per heavy atom. The van der Waals surface area contributed by atoms with Crippen LogP contribution in [0.15, 0.2) is 48.5 Å².